The van der Waals surface area contributed by atoms with Crippen LogP contribution in [0.15, 0.2) is 36.7 Å². The molecule has 1 fully saturated rings. The predicted octanol–water partition coefficient (Wildman–Crippen LogP) is 3.37. The number of amides is 1. The Bertz CT molecular complexity index is 672. The van der Waals surface area contributed by atoms with Crippen molar-refractivity contribution in [3.63, 3.8) is 0 Å². The summed E-state index contributed by atoms with van der Waals surface area (Å²) in [6.45, 7) is 2.22. The monoisotopic (exact) mass is 326 g/mol. The van der Waals surface area contributed by atoms with E-state index in [9.17, 15) is 4.79 Å². The average Bonchev–Trinajstić information content (AvgIpc) is 2.83. The average molecular weight is 326 g/mol. The number of hydrogen-bond donors (Lipinski definition) is 1. The highest BCUT2D eigenvalue weighted by molar-refractivity contribution is 5.91. The highest BCUT2D eigenvalue weighted by atomic mass is 16.1. The maximum absolute atomic E-state index is 12.2. The van der Waals surface area contributed by atoms with Crippen LogP contribution in [0.3, 0.4) is 0 Å². The van der Waals surface area contributed by atoms with Gasteiger partial charge in [-0.2, -0.15) is 5.10 Å². The molecule has 1 N–H and O–H groups in total. The summed E-state index contributed by atoms with van der Waals surface area (Å²) >= 11 is 0. The Morgan fingerprint density at radius 2 is 2.00 bits per heavy atom. The van der Waals surface area contributed by atoms with E-state index in [1.165, 1.54) is 31.4 Å². The van der Waals surface area contributed by atoms with Crippen LogP contribution in [0.2, 0.25) is 0 Å². The number of nitrogens with one attached hydrogen (secondary N) is 1. The smallest absolute Gasteiger partial charge is 0.224 e. The molecule has 2 aromatic rings. The van der Waals surface area contributed by atoms with Crippen LogP contribution >= 0.6 is 0 Å². The van der Waals surface area contributed by atoms with Crippen molar-refractivity contribution in [2.45, 2.75) is 38.5 Å². The van der Waals surface area contributed by atoms with Crippen LogP contribution in [0.1, 0.15) is 37.7 Å². The molecule has 3 rings (SSSR count). The Hall–Kier alpha value is -2.30. The molecule has 5 nitrogen and oxygen atoms in total. The minimum absolute atomic E-state index is 0.0480. The van der Waals surface area contributed by atoms with Crippen molar-refractivity contribution in [2.24, 2.45) is 7.05 Å². The maximum atomic E-state index is 12.2. The largest absolute Gasteiger partial charge is 0.371 e. The first kappa shape index (κ1) is 16.6. The molecule has 1 saturated heterocycles. The Kier molecular flexibility index (Phi) is 5.51. The SMILES string of the molecule is Cn1cc(CCC(=O)Nc2cccc(N3CCCCCC3)c2)cn1. The lowest BCUT2D eigenvalue weighted by molar-refractivity contribution is -0.116. The topological polar surface area (TPSA) is 50.2 Å². The molecule has 0 aliphatic carbocycles. The highest BCUT2D eigenvalue weighted by Crippen LogP contribution is 2.23. The molecule has 0 unspecified atom stereocenters. The minimum atomic E-state index is 0.0480. The molecule has 1 aromatic heterocycles. The van der Waals surface area contributed by atoms with Gasteiger partial charge < -0.3 is 10.2 Å². The van der Waals surface area contributed by atoms with Crippen molar-refractivity contribution in [1.82, 2.24) is 9.78 Å². The van der Waals surface area contributed by atoms with Crippen molar-refractivity contribution in [1.29, 1.82) is 0 Å². The summed E-state index contributed by atoms with van der Waals surface area (Å²) < 4.78 is 1.76. The zero-order valence-corrected chi connectivity index (χ0v) is 14.4. The van der Waals surface area contributed by atoms with Gasteiger partial charge in [-0.15, -0.1) is 0 Å². The summed E-state index contributed by atoms with van der Waals surface area (Å²) in [5.41, 5.74) is 3.18. The van der Waals surface area contributed by atoms with E-state index in [2.05, 4.69) is 27.4 Å². The first-order valence-electron chi connectivity index (χ1n) is 8.83. The van der Waals surface area contributed by atoms with E-state index in [4.69, 9.17) is 0 Å². The Morgan fingerprint density at radius 3 is 2.71 bits per heavy atom. The van der Waals surface area contributed by atoms with E-state index in [-0.39, 0.29) is 5.91 Å². The standard InChI is InChI=1S/C19H26N4O/c1-22-15-16(14-20-22)9-10-19(24)21-17-7-6-8-18(13-17)23-11-4-2-3-5-12-23/h6-8,13-15H,2-5,9-12H2,1H3,(H,21,24). The molecule has 0 atom stereocenters. The van der Waals surface area contributed by atoms with Gasteiger partial charge in [-0.3, -0.25) is 9.48 Å². The van der Waals surface area contributed by atoms with Crippen LogP contribution < -0.4 is 10.2 Å². The fraction of sp³-hybridized carbons (Fsp3) is 0.474. The summed E-state index contributed by atoms with van der Waals surface area (Å²) in [6.07, 6.45) is 10.1. The zero-order chi connectivity index (χ0) is 16.8. The molecule has 128 valence electrons. The van der Waals surface area contributed by atoms with Gasteiger partial charge in [0.05, 0.1) is 6.20 Å². The van der Waals surface area contributed by atoms with Gasteiger partial charge in [0, 0.05) is 44.1 Å². The third-order valence-corrected chi connectivity index (χ3v) is 4.50. The van der Waals surface area contributed by atoms with Gasteiger partial charge in [-0.25, -0.2) is 0 Å². The van der Waals surface area contributed by atoms with Crippen LogP contribution in [-0.2, 0) is 18.3 Å². The van der Waals surface area contributed by atoms with E-state index >= 15 is 0 Å². The summed E-state index contributed by atoms with van der Waals surface area (Å²) in [5, 5.41) is 7.15. The molecule has 24 heavy (non-hydrogen) atoms. The molecule has 1 amide bonds. The quantitative estimate of drug-likeness (QED) is 0.916. The highest BCUT2D eigenvalue weighted by Gasteiger charge is 2.11. The normalized spacial score (nSPS) is 15.1. The van der Waals surface area contributed by atoms with Crippen LogP contribution in [0.5, 0.6) is 0 Å². The van der Waals surface area contributed by atoms with Crippen LogP contribution in [0.4, 0.5) is 11.4 Å². The van der Waals surface area contributed by atoms with Crippen molar-refractivity contribution >= 4 is 17.3 Å². The molecule has 0 saturated carbocycles. The van der Waals surface area contributed by atoms with E-state index in [0.717, 1.165) is 24.3 Å². The molecule has 0 spiro atoms. The molecule has 5 heteroatoms. The fourth-order valence-corrected chi connectivity index (χ4v) is 3.19. The number of aromatic nitrogens is 2. The summed E-state index contributed by atoms with van der Waals surface area (Å²) in [5.74, 6) is 0.0480. The van der Waals surface area contributed by atoms with Gasteiger partial charge in [-0.1, -0.05) is 18.9 Å². The lowest BCUT2D eigenvalue weighted by atomic mass is 10.2. The summed E-state index contributed by atoms with van der Waals surface area (Å²) in [7, 11) is 1.89. The number of nitrogens with zero attached hydrogens (tertiary/aromatic N) is 3. The molecule has 1 aliphatic heterocycles. The van der Waals surface area contributed by atoms with E-state index in [1.54, 1.807) is 4.68 Å². The first-order chi connectivity index (χ1) is 11.7. The van der Waals surface area contributed by atoms with Crippen LogP contribution in [0, 0.1) is 0 Å². The van der Waals surface area contributed by atoms with Gasteiger partial charge in [-0.05, 0) is 43.0 Å². The number of anilines is 2. The van der Waals surface area contributed by atoms with Crippen LogP contribution in [0.25, 0.3) is 0 Å². The predicted molar refractivity (Wildman–Crippen MR) is 97.3 cm³/mol. The first-order valence-corrected chi connectivity index (χ1v) is 8.83. The van der Waals surface area contributed by atoms with Crippen molar-refractivity contribution in [3.8, 4) is 0 Å². The van der Waals surface area contributed by atoms with Crippen molar-refractivity contribution in [3.05, 3.63) is 42.2 Å². The van der Waals surface area contributed by atoms with E-state index in [0.29, 0.717) is 12.8 Å². The maximum Gasteiger partial charge on any atom is 0.224 e. The Morgan fingerprint density at radius 1 is 1.21 bits per heavy atom. The Balaban J connectivity index is 1.56. The number of carbonyl (C=O) groups excluding carboxylic acids is 1. The zero-order valence-electron chi connectivity index (χ0n) is 14.4. The molecule has 2 heterocycles. The molecule has 1 aromatic carbocycles. The molecule has 0 bridgehead atoms. The summed E-state index contributed by atoms with van der Waals surface area (Å²) in [6, 6.07) is 8.21. The third kappa shape index (κ3) is 4.60. The lowest BCUT2D eigenvalue weighted by Crippen LogP contribution is -2.24. The van der Waals surface area contributed by atoms with Crippen LogP contribution in [-0.4, -0.2) is 28.8 Å². The van der Waals surface area contributed by atoms with Gasteiger partial charge in [0.1, 0.15) is 0 Å². The van der Waals surface area contributed by atoms with Gasteiger partial charge >= 0.3 is 0 Å². The fourth-order valence-electron chi connectivity index (χ4n) is 3.19. The summed E-state index contributed by atoms with van der Waals surface area (Å²) in [4.78, 5) is 14.6. The molecule has 0 radical (unpaired) electrons. The van der Waals surface area contributed by atoms with E-state index in [1.807, 2.05) is 31.6 Å². The number of hydrogen-bond acceptors (Lipinski definition) is 3. The molecular formula is C19H26N4O. The van der Waals surface area contributed by atoms with Gasteiger partial charge in [0.25, 0.3) is 0 Å². The number of rotatable bonds is 5. The Labute approximate surface area is 143 Å². The second-order valence-electron chi connectivity index (χ2n) is 6.52. The van der Waals surface area contributed by atoms with Crippen molar-refractivity contribution in [2.75, 3.05) is 23.3 Å². The molecule has 1 aliphatic rings. The third-order valence-electron chi connectivity index (χ3n) is 4.50. The van der Waals surface area contributed by atoms with E-state index < -0.39 is 0 Å². The lowest BCUT2D eigenvalue weighted by Gasteiger charge is -2.23. The second kappa shape index (κ2) is 7.99. The number of carbonyl (C=O) groups is 1. The number of aryl methyl sites for hydroxylation is 2. The number of benzene rings is 1. The van der Waals surface area contributed by atoms with Gasteiger partial charge in [0.15, 0.2) is 0 Å². The minimum Gasteiger partial charge on any atom is -0.371 e. The van der Waals surface area contributed by atoms with Gasteiger partial charge in [0.2, 0.25) is 5.91 Å². The molecular weight excluding hydrogens is 300 g/mol. The second-order valence-corrected chi connectivity index (χ2v) is 6.52. The van der Waals surface area contributed by atoms with Crippen molar-refractivity contribution < 1.29 is 4.79 Å².